The van der Waals surface area contributed by atoms with Gasteiger partial charge in [0.1, 0.15) is 11.7 Å². The number of nitrogens with one attached hydrogen (secondary N) is 2. The number of nitrogens with zero attached hydrogens (tertiary/aromatic N) is 1. The summed E-state index contributed by atoms with van der Waals surface area (Å²) in [6.45, 7) is 9.60. The molecule has 0 unspecified atom stereocenters. The van der Waals surface area contributed by atoms with Gasteiger partial charge in [0, 0.05) is 18.4 Å². The lowest BCUT2D eigenvalue weighted by Crippen LogP contribution is -2.25. The van der Waals surface area contributed by atoms with Gasteiger partial charge in [-0.15, -0.1) is 0 Å². The SMILES string of the molecule is C=C1CNCC/C1=C/N=C(C)Nc1ccc(CC)c(F)c1. The highest BCUT2D eigenvalue weighted by molar-refractivity contribution is 5.93. The summed E-state index contributed by atoms with van der Waals surface area (Å²) in [6.07, 6.45) is 3.49. The Labute approximate surface area is 125 Å². The fourth-order valence-corrected chi connectivity index (χ4v) is 2.24. The Bertz CT molecular complexity index is 588. The first-order chi connectivity index (χ1) is 10.1. The van der Waals surface area contributed by atoms with E-state index in [0.29, 0.717) is 12.1 Å². The molecular weight excluding hydrogens is 265 g/mol. The van der Waals surface area contributed by atoms with Crippen LogP contribution in [0, 0.1) is 5.82 Å². The second kappa shape index (κ2) is 7.18. The van der Waals surface area contributed by atoms with Crippen LogP contribution in [0.3, 0.4) is 0 Å². The van der Waals surface area contributed by atoms with E-state index in [0.717, 1.165) is 36.5 Å². The van der Waals surface area contributed by atoms with Crippen LogP contribution in [0.2, 0.25) is 0 Å². The Morgan fingerprint density at radius 2 is 2.33 bits per heavy atom. The molecule has 1 aliphatic rings. The molecule has 0 amide bonds. The van der Waals surface area contributed by atoms with Crippen molar-refractivity contribution in [2.24, 2.45) is 4.99 Å². The summed E-state index contributed by atoms with van der Waals surface area (Å²) < 4.78 is 13.7. The van der Waals surface area contributed by atoms with Crippen LogP contribution in [0.25, 0.3) is 0 Å². The first-order valence-electron chi connectivity index (χ1n) is 7.28. The maximum Gasteiger partial charge on any atom is 0.128 e. The van der Waals surface area contributed by atoms with Crippen molar-refractivity contribution in [2.45, 2.75) is 26.7 Å². The van der Waals surface area contributed by atoms with Gasteiger partial charge in [-0.1, -0.05) is 19.6 Å². The number of hydrogen-bond donors (Lipinski definition) is 2. The second-order valence-corrected chi connectivity index (χ2v) is 5.18. The zero-order valence-electron chi connectivity index (χ0n) is 12.7. The van der Waals surface area contributed by atoms with Gasteiger partial charge in [-0.3, -0.25) is 0 Å². The zero-order valence-corrected chi connectivity index (χ0v) is 12.7. The standard InChI is InChI=1S/C17H22FN3/c1-4-14-5-6-16(9-17(14)18)21-13(3)20-11-15-7-8-19-10-12(15)2/h5-6,9,11,19H,2,4,7-8,10H2,1,3H3,(H,20,21)/b15-11-. The van der Waals surface area contributed by atoms with Crippen LogP contribution >= 0.6 is 0 Å². The number of aliphatic imine (C=N–C) groups is 1. The Hall–Kier alpha value is -1.94. The van der Waals surface area contributed by atoms with E-state index in [2.05, 4.69) is 22.2 Å². The molecule has 0 bridgehead atoms. The minimum Gasteiger partial charge on any atom is -0.344 e. The Morgan fingerprint density at radius 1 is 1.52 bits per heavy atom. The maximum absolute atomic E-state index is 13.7. The van der Waals surface area contributed by atoms with Gasteiger partial charge in [0.05, 0.1) is 0 Å². The van der Waals surface area contributed by atoms with Gasteiger partial charge in [0.2, 0.25) is 0 Å². The summed E-state index contributed by atoms with van der Waals surface area (Å²) in [5.41, 5.74) is 3.69. The largest absolute Gasteiger partial charge is 0.344 e. The number of hydrogen-bond acceptors (Lipinski definition) is 2. The van der Waals surface area contributed by atoms with Crippen LogP contribution in [0.1, 0.15) is 25.8 Å². The lowest BCUT2D eigenvalue weighted by atomic mass is 10.0. The number of aryl methyl sites for hydroxylation is 1. The second-order valence-electron chi connectivity index (χ2n) is 5.18. The van der Waals surface area contributed by atoms with Crippen molar-refractivity contribution in [1.82, 2.24) is 5.32 Å². The lowest BCUT2D eigenvalue weighted by molar-refractivity contribution is 0.613. The molecule has 1 aromatic carbocycles. The summed E-state index contributed by atoms with van der Waals surface area (Å²) in [4.78, 5) is 4.40. The van der Waals surface area contributed by atoms with Crippen molar-refractivity contribution >= 4 is 11.5 Å². The molecule has 3 nitrogen and oxygen atoms in total. The van der Waals surface area contributed by atoms with Gasteiger partial charge >= 0.3 is 0 Å². The summed E-state index contributed by atoms with van der Waals surface area (Å²) in [6, 6.07) is 5.18. The molecule has 0 atom stereocenters. The first-order valence-corrected chi connectivity index (χ1v) is 7.28. The minimum absolute atomic E-state index is 0.180. The molecule has 4 heteroatoms. The Balaban J connectivity index is 2.05. The van der Waals surface area contributed by atoms with Crippen LogP contribution < -0.4 is 10.6 Å². The highest BCUT2D eigenvalue weighted by Gasteiger charge is 2.08. The molecule has 112 valence electrons. The van der Waals surface area contributed by atoms with E-state index < -0.39 is 0 Å². The third-order valence-electron chi connectivity index (χ3n) is 3.54. The highest BCUT2D eigenvalue weighted by Crippen LogP contribution is 2.16. The van der Waals surface area contributed by atoms with E-state index in [-0.39, 0.29) is 5.82 Å². The molecule has 0 radical (unpaired) electrons. The zero-order chi connectivity index (χ0) is 15.2. The monoisotopic (exact) mass is 287 g/mol. The number of rotatable bonds is 3. The van der Waals surface area contributed by atoms with Crippen LogP contribution in [0.5, 0.6) is 0 Å². The number of benzene rings is 1. The molecule has 1 aromatic rings. The number of piperidine rings is 1. The molecule has 2 rings (SSSR count). The van der Waals surface area contributed by atoms with Crippen molar-refractivity contribution in [3.05, 3.63) is 53.5 Å². The van der Waals surface area contributed by atoms with Gasteiger partial charge < -0.3 is 10.6 Å². The van der Waals surface area contributed by atoms with Crippen molar-refractivity contribution in [2.75, 3.05) is 18.4 Å². The van der Waals surface area contributed by atoms with E-state index in [4.69, 9.17) is 0 Å². The molecule has 1 fully saturated rings. The first kappa shape index (κ1) is 15.4. The van der Waals surface area contributed by atoms with E-state index in [9.17, 15) is 4.39 Å². The van der Waals surface area contributed by atoms with Crippen molar-refractivity contribution in [1.29, 1.82) is 0 Å². The quantitative estimate of drug-likeness (QED) is 0.657. The lowest BCUT2D eigenvalue weighted by Gasteiger charge is -2.17. The van der Waals surface area contributed by atoms with E-state index in [1.165, 1.54) is 11.6 Å². The van der Waals surface area contributed by atoms with E-state index in [1.54, 1.807) is 6.07 Å². The minimum atomic E-state index is -0.180. The Morgan fingerprint density at radius 3 is 3.00 bits per heavy atom. The predicted molar refractivity (Wildman–Crippen MR) is 87.2 cm³/mol. The van der Waals surface area contributed by atoms with Gasteiger partial charge in [0.15, 0.2) is 0 Å². The van der Waals surface area contributed by atoms with Gasteiger partial charge in [0.25, 0.3) is 0 Å². The fourth-order valence-electron chi connectivity index (χ4n) is 2.24. The molecule has 0 aliphatic carbocycles. The van der Waals surface area contributed by atoms with Crippen LogP contribution in [0.15, 0.2) is 47.1 Å². The predicted octanol–water partition coefficient (Wildman–Crippen LogP) is 3.65. The van der Waals surface area contributed by atoms with Crippen molar-refractivity contribution < 1.29 is 4.39 Å². The highest BCUT2D eigenvalue weighted by atomic mass is 19.1. The van der Waals surface area contributed by atoms with Crippen molar-refractivity contribution in [3.63, 3.8) is 0 Å². The topological polar surface area (TPSA) is 36.4 Å². The average molecular weight is 287 g/mol. The number of halogens is 1. The molecule has 21 heavy (non-hydrogen) atoms. The Kier molecular flexibility index (Phi) is 5.28. The molecule has 2 N–H and O–H groups in total. The third-order valence-corrected chi connectivity index (χ3v) is 3.54. The molecule has 1 aliphatic heterocycles. The van der Waals surface area contributed by atoms with Crippen LogP contribution in [0.4, 0.5) is 10.1 Å². The summed E-state index contributed by atoms with van der Waals surface area (Å²) in [5, 5.41) is 6.37. The molecule has 0 aromatic heterocycles. The average Bonchev–Trinajstić information content (AvgIpc) is 2.46. The van der Waals surface area contributed by atoms with Crippen LogP contribution in [-0.4, -0.2) is 18.9 Å². The van der Waals surface area contributed by atoms with Crippen LogP contribution in [-0.2, 0) is 6.42 Å². The molecular formula is C17H22FN3. The molecule has 0 saturated carbocycles. The third kappa shape index (κ3) is 4.26. The van der Waals surface area contributed by atoms with Gasteiger partial charge in [-0.25, -0.2) is 9.38 Å². The van der Waals surface area contributed by atoms with E-state index in [1.807, 2.05) is 26.1 Å². The van der Waals surface area contributed by atoms with Gasteiger partial charge in [-0.2, -0.15) is 0 Å². The van der Waals surface area contributed by atoms with Gasteiger partial charge in [-0.05, 0) is 55.2 Å². The summed E-state index contributed by atoms with van der Waals surface area (Å²) in [7, 11) is 0. The fraction of sp³-hybridized carbons (Fsp3) is 0.353. The summed E-state index contributed by atoms with van der Waals surface area (Å²) >= 11 is 0. The smallest absolute Gasteiger partial charge is 0.128 e. The molecule has 1 saturated heterocycles. The number of amidine groups is 1. The maximum atomic E-state index is 13.7. The van der Waals surface area contributed by atoms with Crippen molar-refractivity contribution in [3.8, 4) is 0 Å². The van der Waals surface area contributed by atoms with E-state index >= 15 is 0 Å². The number of anilines is 1. The normalized spacial score (nSPS) is 18.1. The molecule has 0 spiro atoms. The summed E-state index contributed by atoms with van der Waals surface area (Å²) in [5.74, 6) is 0.554. The molecule has 1 heterocycles.